The summed E-state index contributed by atoms with van der Waals surface area (Å²) < 4.78 is 0. The van der Waals surface area contributed by atoms with Crippen LogP contribution in [0.25, 0.3) is 0 Å². The van der Waals surface area contributed by atoms with Crippen molar-refractivity contribution in [1.29, 1.82) is 0 Å². The first-order chi connectivity index (χ1) is 8.22. The van der Waals surface area contributed by atoms with Crippen molar-refractivity contribution >= 4 is 6.08 Å². The molecule has 0 saturated heterocycles. The molecule has 90 valence electrons. The maximum Gasteiger partial charge on any atom is 0.235 e. The Balaban J connectivity index is 2.25. The Bertz CT molecular complexity index is 430. The maximum atomic E-state index is 10.4. The molecule has 4 heteroatoms. The number of benzene rings is 1. The van der Waals surface area contributed by atoms with Crippen LogP contribution in [0.5, 0.6) is 0 Å². The van der Waals surface area contributed by atoms with Gasteiger partial charge in [-0.25, -0.2) is 4.79 Å². The number of rotatable bonds is 4. The van der Waals surface area contributed by atoms with Crippen molar-refractivity contribution in [2.45, 2.75) is 30.9 Å². The van der Waals surface area contributed by atoms with E-state index in [2.05, 4.69) is 4.99 Å². The third kappa shape index (κ3) is 2.15. The SMILES string of the molecule is O=C=NC1(c2ccc(C(O)CO)cc2)CCC1. The van der Waals surface area contributed by atoms with Gasteiger partial charge in [0.2, 0.25) is 6.08 Å². The number of aliphatic imine (C=N–C) groups is 1. The summed E-state index contributed by atoms with van der Waals surface area (Å²) in [6, 6.07) is 7.23. The predicted octanol–water partition coefficient (Wildman–Crippen LogP) is 1.43. The van der Waals surface area contributed by atoms with Crippen molar-refractivity contribution in [3.8, 4) is 0 Å². The molecule has 1 aromatic rings. The summed E-state index contributed by atoms with van der Waals surface area (Å²) in [5.74, 6) is 0. The lowest BCUT2D eigenvalue weighted by molar-refractivity contribution is 0.0955. The van der Waals surface area contributed by atoms with Crippen LogP contribution in [0.2, 0.25) is 0 Å². The quantitative estimate of drug-likeness (QED) is 0.610. The van der Waals surface area contributed by atoms with Gasteiger partial charge in [-0.05, 0) is 30.4 Å². The summed E-state index contributed by atoms with van der Waals surface area (Å²) in [6.07, 6.45) is 3.58. The average Bonchev–Trinajstić information content (AvgIpc) is 2.33. The minimum Gasteiger partial charge on any atom is -0.393 e. The number of aliphatic hydroxyl groups is 2. The largest absolute Gasteiger partial charge is 0.393 e. The summed E-state index contributed by atoms with van der Waals surface area (Å²) >= 11 is 0. The average molecular weight is 233 g/mol. The highest BCUT2D eigenvalue weighted by Crippen LogP contribution is 2.44. The van der Waals surface area contributed by atoms with Gasteiger partial charge >= 0.3 is 0 Å². The fraction of sp³-hybridized carbons (Fsp3) is 0.462. The van der Waals surface area contributed by atoms with E-state index in [1.54, 1.807) is 18.2 Å². The molecule has 1 aliphatic carbocycles. The van der Waals surface area contributed by atoms with Crippen LogP contribution >= 0.6 is 0 Å². The summed E-state index contributed by atoms with van der Waals surface area (Å²) in [4.78, 5) is 14.4. The van der Waals surface area contributed by atoms with E-state index in [9.17, 15) is 9.90 Å². The van der Waals surface area contributed by atoms with Crippen LogP contribution in [0, 0.1) is 0 Å². The van der Waals surface area contributed by atoms with Gasteiger partial charge in [0.1, 0.15) is 6.10 Å². The van der Waals surface area contributed by atoms with Gasteiger partial charge in [0, 0.05) is 0 Å². The van der Waals surface area contributed by atoms with E-state index in [1.165, 1.54) is 0 Å². The molecule has 0 amide bonds. The summed E-state index contributed by atoms with van der Waals surface area (Å²) in [7, 11) is 0. The number of isocyanates is 1. The Labute approximate surface area is 99.6 Å². The smallest absolute Gasteiger partial charge is 0.235 e. The Morgan fingerprint density at radius 1 is 1.35 bits per heavy atom. The zero-order chi connectivity index (χ0) is 12.3. The Kier molecular flexibility index (Phi) is 3.38. The van der Waals surface area contributed by atoms with Crippen LogP contribution in [0.15, 0.2) is 29.3 Å². The minimum absolute atomic E-state index is 0.295. The van der Waals surface area contributed by atoms with E-state index in [-0.39, 0.29) is 6.61 Å². The van der Waals surface area contributed by atoms with Gasteiger partial charge < -0.3 is 10.2 Å². The molecular weight excluding hydrogens is 218 g/mol. The molecule has 1 aromatic carbocycles. The van der Waals surface area contributed by atoms with E-state index in [4.69, 9.17) is 5.11 Å². The molecule has 0 bridgehead atoms. The molecule has 0 radical (unpaired) electrons. The highest BCUT2D eigenvalue weighted by atomic mass is 16.3. The second kappa shape index (κ2) is 4.80. The molecule has 1 fully saturated rings. The summed E-state index contributed by atoms with van der Waals surface area (Å²) in [5.41, 5.74) is 1.24. The number of carbonyl (C=O) groups excluding carboxylic acids is 1. The standard InChI is InChI=1S/C13H15NO3/c15-8-12(17)10-2-4-11(5-3-10)13(14-9-16)6-1-7-13/h2-5,12,15,17H,1,6-8H2. The molecule has 0 spiro atoms. The highest BCUT2D eigenvalue weighted by Gasteiger charge is 2.38. The molecule has 1 saturated carbocycles. The lowest BCUT2D eigenvalue weighted by atomic mass is 9.72. The van der Waals surface area contributed by atoms with Gasteiger partial charge in [-0.1, -0.05) is 24.3 Å². The van der Waals surface area contributed by atoms with Crippen molar-refractivity contribution in [2.75, 3.05) is 6.61 Å². The molecule has 17 heavy (non-hydrogen) atoms. The van der Waals surface area contributed by atoms with Gasteiger partial charge in [-0.2, -0.15) is 4.99 Å². The van der Waals surface area contributed by atoms with Gasteiger partial charge in [-0.15, -0.1) is 0 Å². The molecule has 1 aliphatic rings. The maximum absolute atomic E-state index is 10.4. The molecule has 0 aromatic heterocycles. The molecule has 4 nitrogen and oxygen atoms in total. The van der Waals surface area contributed by atoms with E-state index in [0.717, 1.165) is 24.8 Å². The number of hydrogen-bond acceptors (Lipinski definition) is 4. The second-order valence-corrected chi connectivity index (χ2v) is 4.41. The first-order valence-electron chi connectivity index (χ1n) is 5.70. The Hall–Kier alpha value is -1.48. The van der Waals surface area contributed by atoms with Crippen LogP contribution in [0.1, 0.15) is 36.5 Å². The molecule has 0 heterocycles. The van der Waals surface area contributed by atoms with E-state index < -0.39 is 11.6 Å². The minimum atomic E-state index is -0.851. The molecule has 2 rings (SSSR count). The fourth-order valence-corrected chi connectivity index (χ4v) is 2.18. The normalized spacial score (nSPS) is 18.9. The molecular formula is C13H15NO3. The molecule has 2 N–H and O–H groups in total. The van der Waals surface area contributed by atoms with Crippen molar-refractivity contribution < 1.29 is 15.0 Å². The van der Waals surface area contributed by atoms with Crippen LogP contribution in [-0.2, 0) is 10.3 Å². The highest BCUT2D eigenvalue weighted by molar-refractivity contribution is 5.40. The van der Waals surface area contributed by atoms with E-state index >= 15 is 0 Å². The Morgan fingerprint density at radius 2 is 2.00 bits per heavy atom. The van der Waals surface area contributed by atoms with Gasteiger partial charge in [0.25, 0.3) is 0 Å². The van der Waals surface area contributed by atoms with Crippen molar-refractivity contribution in [2.24, 2.45) is 4.99 Å². The van der Waals surface area contributed by atoms with Crippen LogP contribution in [0.4, 0.5) is 0 Å². The van der Waals surface area contributed by atoms with Gasteiger partial charge in [0.05, 0.1) is 12.1 Å². The summed E-state index contributed by atoms with van der Waals surface area (Å²) in [6.45, 7) is -0.295. The molecule has 1 atom stereocenters. The topological polar surface area (TPSA) is 69.9 Å². The van der Waals surface area contributed by atoms with Crippen LogP contribution < -0.4 is 0 Å². The first-order valence-corrected chi connectivity index (χ1v) is 5.70. The van der Waals surface area contributed by atoms with Crippen LogP contribution in [-0.4, -0.2) is 22.9 Å². The molecule has 0 aliphatic heterocycles. The lowest BCUT2D eigenvalue weighted by Gasteiger charge is -2.37. The number of nitrogens with zero attached hydrogens (tertiary/aromatic N) is 1. The fourth-order valence-electron chi connectivity index (χ4n) is 2.18. The lowest BCUT2D eigenvalue weighted by Crippen LogP contribution is -2.31. The predicted molar refractivity (Wildman–Crippen MR) is 62.1 cm³/mol. The Morgan fingerprint density at radius 3 is 2.41 bits per heavy atom. The van der Waals surface area contributed by atoms with Crippen molar-refractivity contribution in [3.63, 3.8) is 0 Å². The number of hydrogen-bond donors (Lipinski definition) is 2. The third-order valence-corrected chi connectivity index (χ3v) is 3.45. The summed E-state index contributed by atoms with van der Waals surface area (Å²) in [5, 5.41) is 18.3. The van der Waals surface area contributed by atoms with E-state index in [0.29, 0.717) is 5.56 Å². The monoisotopic (exact) mass is 233 g/mol. The van der Waals surface area contributed by atoms with E-state index in [1.807, 2.05) is 12.1 Å². The van der Waals surface area contributed by atoms with Gasteiger partial charge in [-0.3, -0.25) is 0 Å². The first kappa shape index (κ1) is 12.0. The third-order valence-electron chi connectivity index (χ3n) is 3.45. The molecule has 1 unspecified atom stereocenters. The zero-order valence-corrected chi connectivity index (χ0v) is 9.47. The van der Waals surface area contributed by atoms with Gasteiger partial charge in [0.15, 0.2) is 0 Å². The second-order valence-electron chi connectivity index (χ2n) is 4.41. The number of aliphatic hydroxyl groups excluding tert-OH is 2. The van der Waals surface area contributed by atoms with Crippen molar-refractivity contribution in [1.82, 2.24) is 0 Å². The zero-order valence-electron chi connectivity index (χ0n) is 9.47. The van der Waals surface area contributed by atoms with Crippen molar-refractivity contribution in [3.05, 3.63) is 35.4 Å². The van der Waals surface area contributed by atoms with Crippen LogP contribution in [0.3, 0.4) is 0 Å².